The molecule has 2 aliphatic rings. The van der Waals surface area contributed by atoms with Crippen LogP contribution in [-0.4, -0.2) is 24.9 Å². The number of aryl methyl sites for hydroxylation is 2. The largest absolute Gasteiger partial charge is 0.370 e. The lowest BCUT2D eigenvalue weighted by Gasteiger charge is -2.22. The van der Waals surface area contributed by atoms with Crippen molar-refractivity contribution in [1.29, 1.82) is 0 Å². The van der Waals surface area contributed by atoms with Crippen molar-refractivity contribution in [1.82, 2.24) is 0 Å². The molecule has 2 amide bonds. The van der Waals surface area contributed by atoms with Crippen molar-refractivity contribution in [2.24, 2.45) is 5.73 Å². The first-order valence-electron chi connectivity index (χ1n) is 10.2. The van der Waals surface area contributed by atoms with E-state index in [0.717, 1.165) is 49.3 Å². The van der Waals surface area contributed by atoms with Crippen LogP contribution in [0, 0.1) is 0 Å². The molecular weight excluding hydrogens is 370 g/mol. The van der Waals surface area contributed by atoms with Gasteiger partial charge in [0.25, 0.3) is 5.91 Å². The molecule has 0 spiro atoms. The number of nitrogens with zero attached hydrogens (tertiary/aromatic N) is 1. The van der Waals surface area contributed by atoms with E-state index in [9.17, 15) is 9.59 Å². The Bertz CT molecular complexity index is 858. The number of carbonyl (C=O) groups excluding carboxylic acids is 2. The summed E-state index contributed by atoms with van der Waals surface area (Å²) in [6.45, 7) is 1.93. The van der Waals surface area contributed by atoms with E-state index >= 15 is 0 Å². The van der Waals surface area contributed by atoms with Gasteiger partial charge in [-0.2, -0.15) is 0 Å². The Labute approximate surface area is 169 Å². The van der Waals surface area contributed by atoms with E-state index in [2.05, 4.69) is 16.3 Å². The Morgan fingerprint density at radius 2 is 1.71 bits per heavy atom. The SMILES string of the molecule is NC(=O)c1ccc(N2CCCC2)c(NC(=O)c2cc3c(s2)CCCCCC3)c1. The minimum Gasteiger partial charge on any atom is -0.370 e. The second kappa shape index (κ2) is 8.35. The van der Waals surface area contributed by atoms with E-state index in [4.69, 9.17) is 5.73 Å². The summed E-state index contributed by atoms with van der Waals surface area (Å²) in [5.74, 6) is -0.582. The highest BCUT2D eigenvalue weighted by molar-refractivity contribution is 7.14. The first-order chi connectivity index (χ1) is 13.6. The Kier molecular flexibility index (Phi) is 5.67. The highest BCUT2D eigenvalue weighted by Gasteiger charge is 2.21. The number of fused-ring (bicyclic) bond motifs is 1. The van der Waals surface area contributed by atoms with E-state index in [0.29, 0.717) is 11.3 Å². The molecule has 6 heteroatoms. The molecule has 3 N–H and O–H groups in total. The molecule has 1 aliphatic heterocycles. The smallest absolute Gasteiger partial charge is 0.265 e. The maximum absolute atomic E-state index is 13.0. The fraction of sp³-hybridized carbons (Fsp3) is 0.455. The Morgan fingerprint density at radius 3 is 2.46 bits per heavy atom. The topological polar surface area (TPSA) is 75.4 Å². The number of amides is 2. The third-order valence-electron chi connectivity index (χ3n) is 5.70. The van der Waals surface area contributed by atoms with Crippen molar-refractivity contribution in [3.63, 3.8) is 0 Å². The highest BCUT2D eigenvalue weighted by Crippen LogP contribution is 2.32. The summed E-state index contributed by atoms with van der Waals surface area (Å²) in [7, 11) is 0. The van der Waals surface area contributed by atoms with Crippen LogP contribution in [0.1, 0.15) is 69.0 Å². The van der Waals surface area contributed by atoms with Gasteiger partial charge in [-0.05, 0) is 68.4 Å². The fourth-order valence-corrected chi connectivity index (χ4v) is 5.31. The van der Waals surface area contributed by atoms with E-state index in [1.165, 1.54) is 36.1 Å². The minimum absolute atomic E-state index is 0.0983. The van der Waals surface area contributed by atoms with E-state index < -0.39 is 5.91 Å². The monoisotopic (exact) mass is 397 g/mol. The maximum atomic E-state index is 13.0. The summed E-state index contributed by atoms with van der Waals surface area (Å²) in [6.07, 6.45) is 9.37. The zero-order valence-corrected chi connectivity index (χ0v) is 16.9. The summed E-state index contributed by atoms with van der Waals surface area (Å²) in [6, 6.07) is 7.41. The summed E-state index contributed by atoms with van der Waals surface area (Å²) in [5.41, 5.74) is 8.84. The number of anilines is 2. The van der Waals surface area contributed by atoms with Gasteiger partial charge in [0.15, 0.2) is 0 Å². The molecule has 0 unspecified atom stereocenters. The van der Waals surface area contributed by atoms with Crippen molar-refractivity contribution in [2.75, 3.05) is 23.3 Å². The van der Waals surface area contributed by atoms with Crippen LogP contribution in [0.5, 0.6) is 0 Å². The molecule has 2 heterocycles. The molecule has 1 saturated heterocycles. The number of rotatable bonds is 4. The average Bonchev–Trinajstić information content (AvgIpc) is 3.32. The van der Waals surface area contributed by atoms with E-state index in [1.54, 1.807) is 23.5 Å². The van der Waals surface area contributed by atoms with Gasteiger partial charge in [0.2, 0.25) is 5.91 Å². The fourth-order valence-electron chi connectivity index (χ4n) is 4.16. The molecule has 148 valence electrons. The standard InChI is InChI=1S/C22H27N3O2S/c23-21(26)16-9-10-18(25-11-5-6-12-25)17(13-16)24-22(27)20-14-15-7-3-1-2-4-8-19(15)28-20/h9-10,13-14H,1-8,11-12H2,(H2,23,26)(H,24,27). The number of thiophene rings is 1. The average molecular weight is 398 g/mol. The molecule has 0 radical (unpaired) electrons. The van der Waals surface area contributed by atoms with Crippen LogP contribution in [0.25, 0.3) is 0 Å². The van der Waals surface area contributed by atoms with Crippen molar-refractivity contribution < 1.29 is 9.59 Å². The second-order valence-corrected chi connectivity index (χ2v) is 8.85. The number of carbonyl (C=O) groups is 2. The van der Waals surface area contributed by atoms with Gasteiger partial charge in [-0.3, -0.25) is 9.59 Å². The lowest BCUT2D eigenvalue weighted by atomic mass is 10.00. The molecule has 5 nitrogen and oxygen atoms in total. The predicted octanol–water partition coefficient (Wildman–Crippen LogP) is 4.36. The Balaban J connectivity index is 1.60. The third kappa shape index (κ3) is 4.07. The molecule has 1 aromatic heterocycles. The zero-order chi connectivity index (χ0) is 19.5. The number of benzene rings is 1. The molecular formula is C22H27N3O2S. The quantitative estimate of drug-likeness (QED) is 0.805. The van der Waals surface area contributed by atoms with E-state index in [-0.39, 0.29) is 5.91 Å². The number of hydrogen-bond acceptors (Lipinski definition) is 4. The van der Waals surface area contributed by atoms with Crippen LogP contribution < -0.4 is 16.0 Å². The lowest BCUT2D eigenvalue weighted by molar-refractivity contribution is 0.0996. The first-order valence-corrected chi connectivity index (χ1v) is 11.1. The van der Waals surface area contributed by atoms with Crippen LogP contribution >= 0.6 is 11.3 Å². The van der Waals surface area contributed by atoms with Gasteiger partial charge in [0.05, 0.1) is 16.3 Å². The molecule has 0 saturated carbocycles. The summed E-state index contributed by atoms with van der Waals surface area (Å²) < 4.78 is 0. The zero-order valence-electron chi connectivity index (χ0n) is 16.1. The van der Waals surface area contributed by atoms with Gasteiger partial charge in [-0.1, -0.05) is 12.8 Å². The van der Waals surface area contributed by atoms with Crippen molar-refractivity contribution in [3.05, 3.63) is 45.1 Å². The third-order valence-corrected chi connectivity index (χ3v) is 6.93. The van der Waals surface area contributed by atoms with E-state index in [1.807, 2.05) is 6.07 Å². The normalized spacial score (nSPS) is 16.9. The van der Waals surface area contributed by atoms with Gasteiger partial charge in [-0.15, -0.1) is 11.3 Å². The van der Waals surface area contributed by atoms with Crippen LogP contribution in [0.15, 0.2) is 24.3 Å². The van der Waals surface area contributed by atoms with Crippen molar-refractivity contribution in [3.8, 4) is 0 Å². The van der Waals surface area contributed by atoms with Crippen molar-refractivity contribution in [2.45, 2.75) is 51.4 Å². The molecule has 1 fully saturated rings. The molecule has 2 aromatic rings. The molecule has 4 rings (SSSR count). The maximum Gasteiger partial charge on any atom is 0.265 e. The number of hydrogen-bond donors (Lipinski definition) is 2. The summed E-state index contributed by atoms with van der Waals surface area (Å²) in [5, 5.41) is 3.06. The predicted molar refractivity (Wildman–Crippen MR) is 115 cm³/mol. The minimum atomic E-state index is -0.484. The Hall–Kier alpha value is -2.34. The first kappa shape index (κ1) is 19.0. The van der Waals surface area contributed by atoms with Crippen LogP contribution in [0.3, 0.4) is 0 Å². The van der Waals surface area contributed by atoms with Crippen LogP contribution in [-0.2, 0) is 12.8 Å². The van der Waals surface area contributed by atoms with Crippen LogP contribution in [0.2, 0.25) is 0 Å². The van der Waals surface area contributed by atoms with Gasteiger partial charge in [-0.25, -0.2) is 0 Å². The second-order valence-electron chi connectivity index (χ2n) is 7.72. The van der Waals surface area contributed by atoms with Crippen LogP contribution in [0.4, 0.5) is 11.4 Å². The van der Waals surface area contributed by atoms with Gasteiger partial charge >= 0.3 is 0 Å². The number of nitrogens with two attached hydrogens (primary N) is 1. The molecule has 0 atom stereocenters. The van der Waals surface area contributed by atoms with Crippen molar-refractivity contribution >= 4 is 34.5 Å². The number of nitrogens with one attached hydrogen (secondary N) is 1. The van der Waals surface area contributed by atoms with Gasteiger partial charge in [0, 0.05) is 23.5 Å². The summed E-state index contributed by atoms with van der Waals surface area (Å²) in [4.78, 5) is 29.0. The highest BCUT2D eigenvalue weighted by atomic mass is 32.1. The molecule has 28 heavy (non-hydrogen) atoms. The molecule has 0 bridgehead atoms. The molecule has 1 aliphatic carbocycles. The van der Waals surface area contributed by atoms with Gasteiger partial charge in [0.1, 0.15) is 0 Å². The summed E-state index contributed by atoms with van der Waals surface area (Å²) >= 11 is 1.62. The Morgan fingerprint density at radius 1 is 0.964 bits per heavy atom. The van der Waals surface area contributed by atoms with Gasteiger partial charge < -0.3 is 16.0 Å². The lowest BCUT2D eigenvalue weighted by Crippen LogP contribution is -2.22. The number of primary amides is 1. The molecule has 1 aromatic carbocycles.